The average molecular weight is 224 g/mol. The minimum Gasteiger partial charge on any atom is -0.507 e. The zero-order valence-electron chi connectivity index (χ0n) is 9.13. The Labute approximate surface area is 94.2 Å². The lowest BCUT2D eigenvalue weighted by Crippen LogP contribution is -2.23. The summed E-state index contributed by atoms with van der Waals surface area (Å²) < 4.78 is 0. The molecule has 4 heteroatoms. The molecule has 0 radical (unpaired) electrons. The van der Waals surface area contributed by atoms with Crippen LogP contribution < -0.4 is 0 Å². The SMILES string of the molecule is CC(O)C(O)CCc1cccc(O)c1C=O. The number of aryl methyl sites for hydroxylation is 1. The Bertz CT molecular complexity index is 360. The Morgan fingerprint density at radius 1 is 1.38 bits per heavy atom. The molecule has 2 atom stereocenters. The second kappa shape index (κ2) is 5.63. The first-order valence-corrected chi connectivity index (χ1v) is 5.18. The van der Waals surface area contributed by atoms with Crippen LogP contribution in [-0.2, 0) is 6.42 Å². The monoisotopic (exact) mass is 224 g/mol. The minimum atomic E-state index is -0.818. The van der Waals surface area contributed by atoms with Gasteiger partial charge in [0, 0.05) is 0 Å². The summed E-state index contributed by atoms with van der Waals surface area (Å²) in [5.74, 6) is -0.0564. The highest BCUT2D eigenvalue weighted by atomic mass is 16.3. The van der Waals surface area contributed by atoms with Gasteiger partial charge in [-0.25, -0.2) is 0 Å². The lowest BCUT2D eigenvalue weighted by molar-refractivity contribution is 0.0265. The predicted octanol–water partition coefficient (Wildman–Crippen LogP) is 0.879. The lowest BCUT2D eigenvalue weighted by atomic mass is 9.99. The number of carbonyl (C=O) groups is 1. The van der Waals surface area contributed by atoms with E-state index in [4.69, 9.17) is 5.11 Å². The molecule has 0 heterocycles. The second-order valence-corrected chi connectivity index (χ2v) is 3.81. The Balaban J connectivity index is 2.74. The number of aliphatic hydroxyl groups excluding tert-OH is 2. The van der Waals surface area contributed by atoms with Gasteiger partial charge in [0.1, 0.15) is 5.75 Å². The molecule has 88 valence electrons. The number of aliphatic hydroxyl groups is 2. The normalized spacial score (nSPS) is 14.4. The summed E-state index contributed by atoms with van der Waals surface area (Å²) in [7, 11) is 0. The van der Waals surface area contributed by atoms with Crippen molar-refractivity contribution in [1.82, 2.24) is 0 Å². The van der Waals surface area contributed by atoms with Gasteiger partial charge in [-0.1, -0.05) is 12.1 Å². The van der Waals surface area contributed by atoms with Gasteiger partial charge in [-0.3, -0.25) is 4.79 Å². The summed E-state index contributed by atoms with van der Waals surface area (Å²) in [6.45, 7) is 1.51. The Kier molecular flexibility index (Phi) is 4.46. The number of aromatic hydroxyl groups is 1. The topological polar surface area (TPSA) is 77.8 Å². The molecule has 0 saturated heterocycles. The van der Waals surface area contributed by atoms with Crippen LogP contribution in [0.25, 0.3) is 0 Å². The molecule has 4 nitrogen and oxygen atoms in total. The second-order valence-electron chi connectivity index (χ2n) is 3.81. The van der Waals surface area contributed by atoms with Crippen molar-refractivity contribution in [2.75, 3.05) is 0 Å². The zero-order valence-corrected chi connectivity index (χ0v) is 9.13. The van der Waals surface area contributed by atoms with Crippen molar-refractivity contribution in [3.05, 3.63) is 29.3 Å². The number of phenolic OH excluding ortho intramolecular Hbond substituents is 1. The van der Waals surface area contributed by atoms with Crippen LogP contribution in [0.2, 0.25) is 0 Å². The van der Waals surface area contributed by atoms with Gasteiger partial charge in [0.2, 0.25) is 0 Å². The standard InChI is InChI=1S/C12H16O4/c1-8(14)11(15)6-5-9-3-2-4-12(16)10(9)7-13/h2-4,7-8,11,14-16H,5-6H2,1H3. The molecule has 0 aliphatic heterocycles. The highest BCUT2D eigenvalue weighted by Gasteiger charge is 2.13. The third kappa shape index (κ3) is 3.05. The van der Waals surface area contributed by atoms with Crippen molar-refractivity contribution in [3.8, 4) is 5.75 Å². The predicted molar refractivity (Wildman–Crippen MR) is 59.5 cm³/mol. The number of benzene rings is 1. The van der Waals surface area contributed by atoms with Gasteiger partial charge in [0.25, 0.3) is 0 Å². The van der Waals surface area contributed by atoms with E-state index in [1.807, 2.05) is 0 Å². The Hall–Kier alpha value is -1.39. The number of rotatable bonds is 5. The molecule has 0 aromatic heterocycles. The van der Waals surface area contributed by atoms with Crippen molar-refractivity contribution in [2.45, 2.75) is 32.0 Å². The molecular weight excluding hydrogens is 208 g/mol. The number of hydrogen-bond donors (Lipinski definition) is 3. The Morgan fingerprint density at radius 3 is 2.62 bits per heavy atom. The molecule has 3 N–H and O–H groups in total. The van der Waals surface area contributed by atoms with Gasteiger partial charge in [-0.05, 0) is 31.4 Å². The summed E-state index contributed by atoms with van der Waals surface area (Å²) in [5.41, 5.74) is 0.926. The van der Waals surface area contributed by atoms with Crippen LogP contribution >= 0.6 is 0 Å². The van der Waals surface area contributed by atoms with Crippen LogP contribution in [0.4, 0.5) is 0 Å². The number of phenols is 1. The summed E-state index contributed by atoms with van der Waals surface area (Å²) >= 11 is 0. The maximum Gasteiger partial charge on any atom is 0.154 e. The first kappa shape index (κ1) is 12.7. The van der Waals surface area contributed by atoms with Gasteiger partial charge in [0.05, 0.1) is 17.8 Å². The molecule has 0 saturated carbocycles. The van der Waals surface area contributed by atoms with Crippen LogP contribution in [0, 0.1) is 0 Å². The van der Waals surface area contributed by atoms with Crippen LogP contribution in [0.5, 0.6) is 5.75 Å². The molecule has 0 spiro atoms. The fourth-order valence-corrected chi connectivity index (χ4v) is 1.50. The summed E-state index contributed by atoms with van der Waals surface area (Å²) in [6.07, 6.45) is -0.227. The van der Waals surface area contributed by atoms with E-state index in [1.165, 1.54) is 13.0 Å². The molecule has 1 rings (SSSR count). The van der Waals surface area contributed by atoms with E-state index >= 15 is 0 Å². The highest BCUT2D eigenvalue weighted by molar-refractivity contribution is 5.81. The lowest BCUT2D eigenvalue weighted by Gasteiger charge is -2.14. The van der Waals surface area contributed by atoms with Gasteiger partial charge in [0.15, 0.2) is 6.29 Å². The molecule has 0 aliphatic carbocycles. The van der Waals surface area contributed by atoms with E-state index in [-0.39, 0.29) is 11.3 Å². The van der Waals surface area contributed by atoms with E-state index in [0.717, 1.165) is 0 Å². The van der Waals surface area contributed by atoms with Crippen LogP contribution in [0.15, 0.2) is 18.2 Å². The molecule has 2 unspecified atom stereocenters. The molecule has 1 aromatic carbocycles. The van der Waals surface area contributed by atoms with E-state index in [1.54, 1.807) is 12.1 Å². The highest BCUT2D eigenvalue weighted by Crippen LogP contribution is 2.20. The third-order valence-electron chi connectivity index (χ3n) is 2.56. The fraction of sp³-hybridized carbons (Fsp3) is 0.417. The summed E-state index contributed by atoms with van der Waals surface area (Å²) in [6, 6.07) is 4.81. The molecular formula is C12H16O4. The quantitative estimate of drug-likeness (QED) is 0.649. The Morgan fingerprint density at radius 2 is 2.06 bits per heavy atom. The van der Waals surface area contributed by atoms with Crippen molar-refractivity contribution in [3.63, 3.8) is 0 Å². The van der Waals surface area contributed by atoms with Crippen molar-refractivity contribution >= 4 is 6.29 Å². The van der Waals surface area contributed by atoms with Gasteiger partial charge in [-0.15, -0.1) is 0 Å². The molecule has 0 fully saturated rings. The maximum absolute atomic E-state index is 10.8. The van der Waals surface area contributed by atoms with E-state index in [2.05, 4.69) is 0 Å². The number of carbonyl (C=O) groups excluding carboxylic acids is 1. The molecule has 1 aromatic rings. The van der Waals surface area contributed by atoms with Crippen LogP contribution in [0.3, 0.4) is 0 Å². The van der Waals surface area contributed by atoms with Crippen LogP contribution in [0.1, 0.15) is 29.3 Å². The van der Waals surface area contributed by atoms with Crippen molar-refractivity contribution < 1.29 is 20.1 Å². The van der Waals surface area contributed by atoms with E-state index in [9.17, 15) is 15.0 Å². The first-order chi connectivity index (χ1) is 7.56. The molecule has 0 bridgehead atoms. The van der Waals surface area contributed by atoms with E-state index < -0.39 is 12.2 Å². The fourth-order valence-electron chi connectivity index (χ4n) is 1.50. The molecule has 0 amide bonds. The third-order valence-corrected chi connectivity index (χ3v) is 2.56. The smallest absolute Gasteiger partial charge is 0.154 e. The van der Waals surface area contributed by atoms with Crippen molar-refractivity contribution in [2.24, 2.45) is 0 Å². The molecule has 0 aliphatic rings. The molecule has 16 heavy (non-hydrogen) atoms. The number of aldehydes is 1. The van der Waals surface area contributed by atoms with Crippen LogP contribution in [-0.4, -0.2) is 33.8 Å². The maximum atomic E-state index is 10.8. The summed E-state index contributed by atoms with van der Waals surface area (Å²) in [4.78, 5) is 10.8. The summed E-state index contributed by atoms with van der Waals surface area (Å²) in [5, 5.41) is 28.0. The van der Waals surface area contributed by atoms with Gasteiger partial charge < -0.3 is 15.3 Å². The minimum absolute atomic E-state index is 0.0564. The van der Waals surface area contributed by atoms with Gasteiger partial charge in [-0.2, -0.15) is 0 Å². The van der Waals surface area contributed by atoms with Crippen molar-refractivity contribution in [1.29, 1.82) is 0 Å². The first-order valence-electron chi connectivity index (χ1n) is 5.18. The van der Waals surface area contributed by atoms with Gasteiger partial charge >= 0.3 is 0 Å². The number of hydrogen-bond acceptors (Lipinski definition) is 4. The average Bonchev–Trinajstić information content (AvgIpc) is 2.25. The zero-order chi connectivity index (χ0) is 12.1. The van der Waals surface area contributed by atoms with E-state index in [0.29, 0.717) is 24.7 Å². The largest absolute Gasteiger partial charge is 0.507 e.